The highest BCUT2D eigenvalue weighted by molar-refractivity contribution is 7.89. The van der Waals surface area contributed by atoms with Crippen LogP contribution in [0.2, 0.25) is 0 Å². The monoisotopic (exact) mass is 288 g/mol. The molecule has 18 heavy (non-hydrogen) atoms. The van der Waals surface area contributed by atoms with Crippen LogP contribution in [0.15, 0.2) is 16.3 Å². The molecule has 0 spiro atoms. The maximum Gasteiger partial charge on any atom is 0.243 e. The zero-order chi connectivity index (χ0) is 13.2. The second-order valence-electron chi connectivity index (χ2n) is 4.68. The van der Waals surface area contributed by atoms with Gasteiger partial charge in [0.05, 0.1) is 4.90 Å². The number of rotatable bonds is 7. The zero-order valence-corrected chi connectivity index (χ0v) is 12.5. The van der Waals surface area contributed by atoms with Crippen molar-refractivity contribution in [2.75, 3.05) is 20.1 Å². The number of sulfonamides is 1. The number of hydrogen-bond acceptors (Lipinski definition) is 4. The number of nitrogens with zero attached hydrogens (tertiary/aromatic N) is 1. The van der Waals surface area contributed by atoms with Crippen molar-refractivity contribution in [1.82, 2.24) is 9.62 Å². The third-order valence-electron chi connectivity index (χ3n) is 3.13. The first-order chi connectivity index (χ1) is 8.57. The van der Waals surface area contributed by atoms with Crippen molar-refractivity contribution in [3.63, 3.8) is 0 Å². The van der Waals surface area contributed by atoms with Crippen LogP contribution in [-0.4, -0.2) is 32.9 Å². The van der Waals surface area contributed by atoms with Crippen LogP contribution in [-0.2, 0) is 16.6 Å². The summed E-state index contributed by atoms with van der Waals surface area (Å²) < 4.78 is 26.5. The normalized spacial score (nSPS) is 16.4. The number of hydrogen-bond donors (Lipinski definition) is 1. The van der Waals surface area contributed by atoms with E-state index in [1.54, 1.807) is 15.8 Å². The van der Waals surface area contributed by atoms with Gasteiger partial charge in [-0.25, -0.2) is 8.42 Å². The molecule has 6 heteroatoms. The van der Waals surface area contributed by atoms with Crippen molar-refractivity contribution in [1.29, 1.82) is 0 Å². The molecule has 1 aliphatic carbocycles. The van der Waals surface area contributed by atoms with Gasteiger partial charge in [-0.15, -0.1) is 11.3 Å². The molecule has 0 bridgehead atoms. The summed E-state index contributed by atoms with van der Waals surface area (Å²) in [7, 11) is -1.43. The highest BCUT2D eigenvalue weighted by atomic mass is 32.2. The summed E-state index contributed by atoms with van der Waals surface area (Å²) in [5.41, 5.74) is 0. The largest absolute Gasteiger partial charge is 0.315 e. The molecule has 1 aromatic heterocycles. The lowest BCUT2D eigenvalue weighted by molar-refractivity contribution is 0.412. The molecule has 0 unspecified atom stereocenters. The van der Waals surface area contributed by atoms with Crippen LogP contribution in [0.5, 0.6) is 0 Å². The summed E-state index contributed by atoms with van der Waals surface area (Å²) in [5.74, 6) is 0.579. The van der Waals surface area contributed by atoms with Gasteiger partial charge in [-0.05, 0) is 31.9 Å². The van der Waals surface area contributed by atoms with E-state index >= 15 is 0 Å². The number of thiophene rings is 1. The van der Waals surface area contributed by atoms with E-state index < -0.39 is 10.0 Å². The minimum Gasteiger partial charge on any atom is -0.315 e. The van der Waals surface area contributed by atoms with E-state index in [2.05, 4.69) is 5.32 Å². The predicted molar refractivity (Wildman–Crippen MR) is 74.2 cm³/mol. The Balaban J connectivity index is 2.15. The van der Waals surface area contributed by atoms with Crippen molar-refractivity contribution in [3.8, 4) is 0 Å². The van der Waals surface area contributed by atoms with Crippen LogP contribution in [0.25, 0.3) is 0 Å². The molecule has 0 saturated heterocycles. The SMILES string of the molecule is CCN(CC1CC1)S(=O)(=O)c1csc(CNC)c1. The molecule has 1 fully saturated rings. The third-order valence-corrected chi connectivity index (χ3v) is 6.13. The summed E-state index contributed by atoms with van der Waals surface area (Å²) in [4.78, 5) is 1.50. The Bertz CT molecular complexity index is 492. The average molecular weight is 288 g/mol. The fourth-order valence-electron chi connectivity index (χ4n) is 1.90. The van der Waals surface area contributed by atoms with E-state index in [4.69, 9.17) is 0 Å². The quantitative estimate of drug-likeness (QED) is 0.833. The first-order valence-electron chi connectivity index (χ1n) is 6.30. The van der Waals surface area contributed by atoms with Crippen LogP contribution in [0, 0.1) is 5.92 Å². The molecule has 0 radical (unpaired) electrons. The topological polar surface area (TPSA) is 49.4 Å². The maximum atomic E-state index is 12.5. The molecule has 1 saturated carbocycles. The van der Waals surface area contributed by atoms with E-state index in [0.717, 1.165) is 11.4 Å². The predicted octanol–water partition coefficient (Wildman–Crippen LogP) is 1.89. The molecule has 2 rings (SSSR count). The van der Waals surface area contributed by atoms with Gasteiger partial charge >= 0.3 is 0 Å². The van der Waals surface area contributed by atoms with Crippen LogP contribution < -0.4 is 5.32 Å². The molecule has 1 aromatic rings. The Labute approximate surface area is 113 Å². The van der Waals surface area contributed by atoms with Gasteiger partial charge in [0.1, 0.15) is 0 Å². The van der Waals surface area contributed by atoms with E-state index in [1.165, 1.54) is 24.2 Å². The van der Waals surface area contributed by atoms with Crippen LogP contribution in [0.1, 0.15) is 24.6 Å². The van der Waals surface area contributed by atoms with Gasteiger partial charge < -0.3 is 5.32 Å². The Hall–Kier alpha value is -0.430. The minimum atomic E-state index is -3.29. The lowest BCUT2D eigenvalue weighted by Gasteiger charge is -2.19. The second kappa shape index (κ2) is 5.69. The Morgan fingerprint density at radius 2 is 2.22 bits per heavy atom. The van der Waals surface area contributed by atoms with Crippen LogP contribution in [0.3, 0.4) is 0 Å². The molecular weight excluding hydrogens is 268 g/mol. The fraction of sp³-hybridized carbons (Fsp3) is 0.667. The molecule has 1 aliphatic rings. The van der Waals surface area contributed by atoms with Crippen molar-refractivity contribution < 1.29 is 8.42 Å². The van der Waals surface area contributed by atoms with Gasteiger partial charge in [0, 0.05) is 29.9 Å². The summed E-state index contributed by atoms with van der Waals surface area (Å²) in [5, 5.41) is 4.78. The first kappa shape index (κ1) is 14.0. The van der Waals surface area contributed by atoms with Crippen molar-refractivity contribution in [3.05, 3.63) is 16.3 Å². The van der Waals surface area contributed by atoms with E-state index in [1.807, 2.05) is 14.0 Å². The third kappa shape index (κ3) is 3.12. The van der Waals surface area contributed by atoms with Crippen molar-refractivity contribution in [2.45, 2.75) is 31.2 Å². The lowest BCUT2D eigenvalue weighted by Crippen LogP contribution is -2.32. The van der Waals surface area contributed by atoms with Gasteiger partial charge in [-0.3, -0.25) is 0 Å². The Morgan fingerprint density at radius 3 is 2.78 bits per heavy atom. The molecule has 4 nitrogen and oxygen atoms in total. The van der Waals surface area contributed by atoms with Gasteiger partial charge in [-0.1, -0.05) is 6.92 Å². The highest BCUT2D eigenvalue weighted by Gasteiger charge is 2.31. The maximum absolute atomic E-state index is 12.5. The second-order valence-corrected chi connectivity index (χ2v) is 7.61. The Morgan fingerprint density at radius 1 is 1.50 bits per heavy atom. The summed E-state index contributed by atoms with van der Waals surface area (Å²) in [6.07, 6.45) is 2.33. The van der Waals surface area contributed by atoms with Gasteiger partial charge in [0.25, 0.3) is 0 Å². The molecule has 0 aliphatic heterocycles. The van der Waals surface area contributed by atoms with E-state index in [0.29, 0.717) is 23.9 Å². The van der Waals surface area contributed by atoms with E-state index in [9.17, 15) is 8.42 Å². The standard InChI is InChI=1S/C12H20N2O2S2/c1-3-14(8-10-4-5-10)18(15,16)12-6-11(7-13-2)17-9-12/h6,9-10,13H,3-5,7-8H2,1-2H3. The van der Waals surface area contributed by atoms with Gasteiger partial charge in [0.2, 0.25) is 10.0 Å². The molecule has 102 valence electrons. The smallest absolute Gasteiger partial charge is 0.243 e. The Kier molecular flexibility index (Phi) is 4.42. The first-order valence-corrected chi connectivity index (χ1v) is 8.62. The van der Waals surface area contributed by atoms with E-state index in [-0.39, 0.29) is 0 Å². The fourth-order valence-corrected chi connectivity index (χ4v) is 4.70. The molecule has 1 N–H and O–H groups in total. The van der Waals surface area contributed by atoms with Gasteiger partial charge in [0.15, 0.2) is 0 Å². The summed E-state index contributed by atoms with van der Waals surface area (Å²) in [6, 6.07) is 1.78. The lowest BCUT2D eigenvalue weighted by atomic mass is 10.4. The molecular formula is C12H20N2O2S2. The highest BCUT2D eigenvalue weighted by Crippen LogP contribution is 2.32. The number of nitrogens with one attached hydrogen (secondary N) is 1. The van der Waals surface area contributed by atoms with Gasteiger partial charge in [-0.2, -0.15) is 4.31 Å². The molecule has 0 aromatic carbocycles. The summed E-state index contributed by atoms with van der Waals surface area (Å²) >= 11 is 1.50. The summed E-state index contributed by atoms with van der Waals surface area (Å²) in [6.45, 7) is 3.85. The van der Waals surface area contributed by atoms with Crippen molar-refractivity contribution >= 4 is 21.4 Å². The molecule has 0 amide bonds. The van der Waals surface area contributed by atoms with Crippen LogP contribution >= 0.6 is 11.3 Å². The minimum absolute atomic E-state index is 0.445. The molecule has 1 heterocycles. The van der Waals surface area contributed by atoms with Crippen molar-refractivity contribution in [2.24, 2.45) is 5.92 Å². The molecule has 0 atom stereocenters. The average Bonchev–Trinajstić information content (AvgIpc) is 3.03. The zero-order valence-electron chi connectivity index (χ0n) is 10.8. The van der Waals surface area contributed by atoms with Crippen LogP contribution in [0.4, 0.5) is 0 Å².